The first-order chi connectivity index (χ1) is 13.4. The Labute approximate surface area is 173 Å². The van der Waals surface area contributed by atoms with Gasteiger partial charge in [0.25, 0.3) is 0 Å². The number of aryl methyl sites for hydroxylation is 2. The molecule has 0 aliphatic heterocycles. The zero-order valence-corrected chi connectivity index (χ0v) is 17.4. The molecule has 0 atom stereocenters. The first-order valence-electron chi connectivity index (χ1n) is 8.63. The summed E-state index contributed by atoms with van der Waals surface area (Å²) >= 11 is 7.37. The molecule has 0 aliphatic rings. The number of ether oxygens (including phenoxy) is 1. The maximum absolute atomic E-state index is 12.3. The molecule has 144 valence electrons. The third-order valence-corrected chi connectivity index (χ3v) is 5.15. The molecular formula is C21H20ClN3O2S. The van der Waals surface area contributed by atoms with E-state index in [1.54, 1.807) is 19.2 Å². The monoisotopic (exact) mass is 413 g/mol. The van der Waals surface area contributed by atoms with Crippen molar-refractivity contribution >= 4 is 35.0 Å². The normalized spacial score (nSPS) is 10.6. The summed E-state index contributed by atoms with van der Waals surface area (Å²) in [6.45, 7) is 3.84. The van der Waals surface area contributed by atoms with E-state index in [2.05, 4.69) is 15.3 Å². The average Bonchev–Trinajstić information content (AvgIpc) is 2.69. The lowest BCUT2D eigenvalue weighted by Crippen LogP contribution is -2.15. The lowest BCUT2D eigenvalue weighted by Gasteiger charge is -2.09. The van der Waals surface area contributed by atoms with Crippen LogP contribution >= 0.6 is 23.4 Å². The van der Waals surface area contributed by atoms with Crippen molar-refractivity contribution in [3.8, 4) is 17.1 Å². The third kappa shape index (κ3) is 5.24. The summed E-state index contributed by atoms with van der Waals surface area (Å²) in [5.74, 6) is 1.53. The Morgan fingerprint density at radius 3 is 2.57 bits per heavy atom. The lowest BCUT2D eigenvalue weighted by molar-refractivity contribution is -0.113. The van der Waals surface area contributed by atoms with Gasteiger partial charge in [0.15, 0.2) is 5.82 Å². The Morgan fingerprint density at radius 2 is 1.86 bits per heavy atom. The van der Waals surface area contributed by atoms with E-state index in [4.69, 9.17) is 16.3 Å². The number of hydrogen-bond donors (Lipinski definition) is 1. The summed E-state index contributed by atoms with van der Waals surface area (Å²) in [5.41, 5.74) is 3.41. The van der Waals surface area contributed by atoms with Crippen molar-refractivity contribution in [2.45, 2.75) is 18.9 Å². The van der Waals surface area contributed by atoms with E-state index in [1.807, 2.05) is 50.2 Å². The molecule has 5 nitrogen and oxygen atoms in total. The van der Waals surface area contributed by atoms with Crippen LogP contribution in [0, 0.1) is 13.8 Å². The fourth-order valence-corrected chi connectivity index (χ4v) is 3.47. The highest BCUT2D eigenvalue weighted by Gasteiger charge is 2.10. The van der Waals surface area contributed by atoms with E-state index < -0.39 is 0 Å². The van der Waals surface area contributed by atoms with E-state index in [0.29, 0.717) is 10.8 Å². The van der Waals surface area contributed by atoms with Crippen molar-refractivity contribution in [2.24, 2.45) is 0 Å². The summed E-state index contributed by atoms with van der Waals surface area (Å²) in [6.07, 6.45) is 0. The second kappa shape index (κ2) is 9.08. The molecule has 3 aromatic rings. The fourth-order valence-electron chi connectivity index (χ4n) is 2.54. The van der Waals surface area contributed by atoms with Crippen LogP contribution < -0.4 is 10.1 Å². The average molecular weight is 414 g/mol. The van der Waals surface area contributed by atoms with Crippen LogP contribution in [0.5, 0.6) is 5.75 Å². The molecular weight excluding hydrogens is 394 g/mol. The number of benzene rings is 2. The highest BCUT2D eigenvalue weighted by molar-refractivity contribution is 7.99. The number of carbonyl (C=O) groups is 1. The van der Waals surface area contributed by atoms with Gasteiger partial charge in [0.05, 0.1) is 12.9 Å². The van der Waals surface area contributed by atoms with Gasteiger partial charge in [-0.2, -0.15) is 0 Å². The zero-order valence-electron chi connectivity index (χ0n) is 15.8. The van der Waals surface area contributed by atoms with Crippen LogP contribution in [-0.2, 0) is 4.79 Å². The molecule has 2 aromatic carbocycles. The van der Waals surface area contributed by atoms with Crippen molar-refractivity contribution in [1.82, 2.24) is 9.97 Å². The number of rotatable bonds is 6. The van der Waals surface area contributed by atoms with Crippen LogP contribution in [0.2, 0.25) is 5.02 Å². The van der Waals surface area contributed by atoms with Crippen molar-refractivity contribution < 1.29 is 9.53 Å². The third-order valence-electron chi connectivity index (χ3n) is 4.00. The number of nitrogens with zero attached hydrogens (tertiary/aromatic N) is 2. The van der Waals surface area contributed by atoms with Crippen molar-refractivity contribution in [3.63, 3.8) is 0 Å². The molecule has 0 unspecified atom stereocenters. The van der Waals surface area contributed by atoms with Crippen LogP contribution in [0.1, 0.15) is 11.3 Å². The summed E-state index contributed by atoms with van der Waals surface area (Å²) in [7, 11) is 1.63. The van der Waals surface area contributed by atoms with E-state index in [-0.39, 0.29) is 11.7 Å². The van der Waals surface area contributed by atoms with Gasteiger partial charge < -0.3 is 10.1 Å². The first-order valence-corrected chi connectivity index (χ1v) is 10.00. The summed E-state index contributed by atoms with van der Waals surface area (Å²) < 4.78 is 5.18. The Balaban J connectivity index is 1.69. The molecule has 7 heteroatoms. The van der Waals surface area contributed by atoms with Crippen LogP contribution in [0.25, 0.3) is 11.4 Å². The van der Waals surface area contributed by atoms with E-state index in [0.717, 1.165) is 33.3 Å². The smallest absolute Gasteiger partial charge is 0.234 e. The van der Waals surface area contributed by atoms with Crippen LogP contribution in [0.4, 0.5) is 5.69 Å². The number of carbonyl (C=O) groups excluding carboxylic acids is 1. The van der Waals surface area contributed by atoms with Crippen molar-refractivity contribution in [2.75, 3.05) is 18.2 Å². The number of methoxy groups -OCH3 is 1. The van der Waals surface area contributed by atoms with Crippen molar-refractivity contribution in [3.05, 3.63) is 64.8 Å². The molecule has 0 saturated heterocycles. The predicted molar refractivity (Wildman–Crippen MR) is 114 cm³/mol. The van der Waals surface area contributed by atoms with Gasteiger partial charge in [0.1, 0.15) is 10.8 Å². The van der Waals surface area contributed by atoms with Gasteiger partial charge in [0, 0.05) is 22.0 Å². The van der Waals surface area contributed by atoms with E-state index in [9.17, 15) is 4.79 Å². The van der Waals surface area contributed by atoms with Gasteiger partial charge in [-0.15, -0.1) is 0 Å². The van der Waals surface area contributed by atoms with Gasteiger partial charge >= 0.3 is 0 Å². The molecule has 1 aromatic heterocycles. The predicted octanol–water partition coefficient (Wildman–Crippen LogP) is 5.15. The molecule has 28 heavy (non-hydrogen) atoms. The molecule has 1 N–H and O–H groups in total. The highest BCUT2D eigenvalue weighted by atomic mass is 35.5. The largest absolute Gasteiger partial charge is 0.497 e. The number of halogens is 1. The second-order valence-electron chi connectivity index (χ2n) is 6.20. The number of anilines is 1. The van der Waals surface area contributed by atoms with Gasteiger partial charge in [-0.05, 0) is 61.9 Å². The molecule has 0 radical (unpaired) electrons. The zero-order chi connectivity index (χ0) is 20.1. The molecule has 1 heterocycles. The Bertz CT molecular complexity index is 993. The van der Waals surface area contributed by atoms with Gasteiger partial charge in [-0.3, -0.25) is 4.79 Å². The highest BCUT2D eigenvalue weighted by Crippen LogP contribution is 2.24. The minimum absolute atomic E-state index is 0.113. The fraction of sp³-hybridized carbons (Fsp3) is 0.190. The van der Waals surface area contributed by atoms with Gasteiger partial charge in [0.2, 0.25) is 5.91 Å². The van der Waals surface area contributed by atoms with Crippen LogP contribution in [0.3, 0.4) is 0 Å². The maximum atomic E-state index is 12.3. The summed E-state index contributed by atoms with van der Waals surface area (Å²) in [5, 5.41) is 4.23. The summed E-state index contributed by atoms with van der Waals surface area (Å²) in [6, 6.07) is 14.9. The molecule has 0 saturated carbocycles. The quantitative estimate of drug-likeness (QED) is 0.447. The molecule has 1 amide bonds. The molecule has 3 rings (SSSR count). The first kappa shape index (κ1) is 20.2. The molecule has 0 spiro atoms. The summed E-state index contributed by atoms with van der Waals surface area (Å²) in [4.78, 5) is 21.4. The Hall–Kier alpha value is -2.57. The van der Waals surface area contributed by atoms with Crippen molar-refractivity contribution in [1.29, 1.82) is 0 Å². The van der Waals surface area contributed by atoms with Crippen LogP contribution in [-0.4, -0.2) is 28.7 Å². The number of amides is 1. The molecule has 0 bridgehead atoms. The minimum atomic E-state index is -0.113. The Kier molecular flexibility index (Phi) is 6.54. The molecule has 0 fully saturated rings. The minimum Gasteiger partial charge on any atom is -0.497 e. The number of nitrogens with one attached hydrogen (secondary N) is 1. The van der Waals surface area contributed by atoms with E-state index in [1.165, 1.54) is 11.8 Å². The SMILES string of the molecule is COc1ccc(-c2nc(C)cc(SCC(=O)Nc3cc(Cl)ccc3C)n2)cc1. The lowest BCUT2D eigenvalue weighted by atomic mass is 10.2. The Morgan fingerprint density at radius 1 is 1.11 bits per heavy atom. The topological polar surface area (TPSA) is 64.1 Å². The van der Waals surface area contributed by atoms with Gasteiger partial charge in [-0.1, -0.05) is 29.4 Å². The maximum Gasteiger partial charge on any atom is 0.234 e. The second-order valence-corrected chi connectivity index (χ2v) is 7.63. The number of hydrogen-bond acceptors (Lipinski definition) is 5. The standard InChI is InChI=1S/C21H20ClN3O2S/c1-13-4-7-16(22)11-18(13)24-19(26)12-28-20-10-14(2)23-21(25-20)15-5-8-17(27-3)9-6-15/h4-11H,12H2,1-3H3,(H,24,26). The van der Waals surface area contributed by atoms with Crippen LogP contribution in [0.15, 0.2) is 53.6 Å². The van der Waals surface area contributed by atoms with Gasteiger partial charge in [-0.25, -0.2) is 9.97 Å². The number of thioether (sulfide) groups is 1. The number of aromatic nitrogens is 2. The van der Waals surface area contributed by atoms with E-state index >= 15 is 0 Å². The molecule has 0 aliphatic carbocycles.